The zero-order valence-electron chi connectivity index (χ0n) is 10.3. The summed E-state index contributed by atoms with van der Waals surface area (Å²) in [4.78, 5) is 0. The highest BCUT2D eigenvalue weighted by Gasteiger charge is 2.17. The Morgan fingerprint density at radius 2 is 2.06 bits per heavy atom. The number of nitrogens with zero attached hydrogens (tertiary/aromatic N) is 2. The highest BCUT2D eigenvalue weighted by Crippen LogP contribution is 2.22. The van der Waals surface area contributed by atoms with Gasteiger partial charge in [-0.05, 0) is 30.3 Å². The number of aromatic nitrogens is 2. The van der Waals surface area contributed by atoms with E-state index in [0.717, 1.165) is 18.3 Å². The van der Waals surface area contributed by atoms with Crippen molar-refractivity contribution in [3.8, 4) is 0 Å². The van der Waals surface area contributed by atoms with Gasteiger partial charge in [0.05, 0.1) is 11.7 Å². The maximum atomic E-state index is 13.3. The van der Waals surface area contributed by atoms with Gasteiger partial charge in [-0.2, -0.15) is 5.10 Å². The summed E-state index contributed by atoms with van der Waals surface area (Å²) in [6.45, 7) is 2.68. The van der Waals surface area contributed by atoms with Gasteiger partial charge in [-0.3, -0.25) is 4.68 Å². The van der Waals surface area contributed by atoms with Gasteiger partial charge < -0.3 is 5.32 Å². The van der Waals surface area contributed by atoms with E-state index in [9.17, 15) is 8.78 Å². The van der Waals surface area contributed by atoms with Gasteiger partial charge in [0.25, 0.3) is 0 Å². The summed E-state index contributed by atoms with van der Waals surface area (Å²) in [6, 6.07) is 5.60. The van der Waals surface area contributed by atoms with Crippen LogP contribution in [0.4, 0.5) is 8.78 Å². The van der Waals surface area contributed by atoms with Crippen molar-refractivity contribution in [3.63, 3.8) is 0 Å². The lowest BCUT2D eigenvalue weighted by molar-refractivity contribution is 0.501. The highest BCUT2D eigenvalue weighted by molar-refractivity contribution is 5.28. The SMILES string of the molecule is CCNC(c1ccc(F)c(F)c1)c1ccnn1C. The molecule has 2 aromatic rings. The Morgan fingerprint density at radius 1 is 1.28 bits per heavy atom. The number of hydrogen-bond acceptors (Lipinski definition) is 2. The number of halogens is 2. The van der Waals surface area contributed by atoms with Crippen LogP contribution in [0, 0.1) is 11.6 Å². The standard InChI is InChI=1S/C13H15F2N3/c1-3-16-13(12-6-7-17-18(12)2)9-4-5-10(14)11(15)8-9/h4-8,13,16H,3H2,1-2H3. The largest absolute Gasteiger partial charge is 0.305 e. The minimum Gasteiger partial charge on any atom is -0.305 e. The zero-order valence-corrected chi connectivity index (χ0v) is 10.3. The molecule has 0 fully saturated rings. The zero-order chi connectivity index (χ0) is 13.1. The average Bonchev–Trinajstić information content (AvgIpc) is 2.76. The molecule has 0 aliphatic rings. The monoisotopic (exact) mass is 251 g/mol. The van der Waals surface area contributed by atoms with Gasteiger partial charge in [-0.25, -0.2) is 8.78 Å². The van der Waals surface area contributed by atoms with Crippen LogP contribution in [0.1, 0.15) is 24.2 Å². The minimum atomic E-state index is -0.836. The van der Waals surface area contributed by atoms with Crippen molar-refractivity contribution < 1.29 is 8.78 Å². The number of nitrogens with one attached hydrogen (secondary N) is 1. The molecule has 1 N–H and O–H groups in total. The van der Waals surface area contributed by atoms with Crippen molar-refractivity contribution in [2.75, 3.05) is 6.54 Å². The third-order valence-electron chi connectivity index (χ3n) is 2.84. The van der Waals surface area contributed by atoms with E-state index in [1.807, 2.05) is 20.0 Å². The summed E-state index contributed by atoms with van der Waals surface area (Å²) in [5.74, 6) is -1.67. The molecule has 18 heavy (non-hydrogen) atoms. The molecule has 2 rings (SSSR count). The summed E-state index contributed by atoms with van der Waals surface area (Å²) in [5.41, 5.74) is 1.59. The highest BCUT2D eigenvalue weighted by atomic mass is 19.2. The summed E-state index contributed by atoms with van der Waals surface area (Å²) in [7, 11) is 1.82. The van der Waals surface area contributed by atoms with E-state index >= 15 is 0 Å². The molecule has 0 aliphatic carbocycles. The molecule has 3 nitrogen and oxygen atoms in total. The first-order valence-corrected chi connectivity index (χ1v) is 5.79. The second kappa shape index (κ2) is 5.27. The molecule has 96 valence electrons. The molecule has 0 bridgehead atoms. The van der Waals surface area contributed by atoms with Gasteiger partial charge in [0, 0.05) is 13.2 Å². The lowest BCUT2D eigenvalue weighted by Crippen LogP contribution is -2.24. The van der Waals surface area contributed by atoms with Crippen LogP contribution in [0.15, 0.2) is 30.5 Å². The van der Waals surface area contributed by atoms with Crippen LogP contribution in [0.25, 0.3) is 0 Å². The summed E-state index contributed by atoms with van der Waals surface area (Å²) in [5, 5.41) is 7.33. The number of hydrogen-bond donors (Lipinski definition) is 1. The van der Waals surface area contributed by atoms with Crippen LogP contribution in [0.2, 0.25) is 0 Å². The predicted octanol–water partition coefficient (Wildman–Crippen LogP) is 2.40. The number of aryl methyl sites for hydroxylation is 1. The number of benzene rings is 1. The van der Waals surface area contributed by atoms with Crippen LogP contribution < -0.4 is 5.32 Å². The molecule has 1 aromatic carbocycles. The summed E-state index contributed by atoms with van der Waals surface area (Å²) < 4.78 is 28.0. The number of rotatable bonds is 4. The second-order valence-corrected chi connectivity index (χ2v) is 4.04. The van der Waals surface area contributed by atoms with Gasteiger partial charge in [-0.15, -0.1) is 0 Å². The Labute approximate surface area is 104 Å². The van der Waals surface area contributed by atoms with Crippen molar-refractivity contribution in [2.24, 2.45) is 7.05 Å². The van der Waals surface area contributed by atoms with Crippen LogP contribution in [0.5, 0.6) is 0 Å². The molecule has 1 aromatic heterocycles. The third kappa shape index (κ3) is 2.41. The maximum absolute atomic E-state index is 13.3. The molecule has 0 saturated heterocycles. The first kappa shape index (κ1) is 12.7. The van der Waals surface area contributed by atoms with Crippen molar-refractivity contribution in [1.29, 1.82) is 0 Å². The van der Waals surface area contributed by atoms with Gasteiger partial charge in [-0.1, -0.05) is 13.0 Å². The molecular weight excluding hydrogens is 236 g/mol. The fourth-order valence-electron chi connectivity index (χ4n) is 1.96. The van der Waals surface area contributed by atoms with Crippen molar-refractivity contribution >= 4 is 0 Å². The molecule has 0 spiro atoms. The van der Waals surface area contributed by atoms with Gasteiger partial charge in [0.1, 0.15) is 0 Å². The van der Waals surface area contributed by atoms with Crippen LogP contribution in [-0.4, -0.2) is 16.3 Å². The predicted molar refractivity (Wildman–Crippen MR) is 65.1 cm³/mol. The lowest BCUT2D eigenvalue weighted by Gasteiger charge is -2.18. The van der Waals surface area contributed by atoms with E-state index in [1.165, 1.54) is 6.07 Å². The van der Waals surface area contributed by atoms with E-state index in [0.29, 0.717) is 5.56 Å². The minimum absolute atomic E-state index is 0.197. The third-order valence-corrected chi connectivity index (χ3v) is 2.84. The molecule has 5 heteroatoms. The Hall–Kier alpha value is -1.75. The molecule has 1 unspecified atom stereocenters. The maximum Gasteiger partial charge on any atom is 0.159 e. The molecule has 0 amide bonds. The van der Waals surface area contributed by atoms with E-state index in [1.54, 1.807) is 16.9 Å². The fourth-order valence-corrected chi connectivity index (χ4v) is 1.96. The molecule has 1 atom stereocenters. The lowest BCUT2D eigenvalue weighted by atomic mass is 10.0. The van der Waals surface area contributed by atoms with E-state index < -0.39 is 11.6 Å². The fraction of sp³-hybridized carbons (Fsp3) is 0.308. The Kier molecular flexibility index (Phi) is 3.72. The molecular formula is C13H15F2N3. The molecule has 0 aliphatic heterocycles. The quantitative estimate of drug-likeness (QED) is 0.904. The Bertz CT molecular complexity index is 537. The van der Waals surface area contributed by atoms with E-state index in [-0.39, 0.29) is 6.04 Å². The van der Waals surface area contributed by atoms with E-state index in [4.69, 9.17) is 0 Å². The van der Waals surface area contributed by atoms with Gasteiger partial charge in [0.2, 0.25) is 0 Å². The van der Waals surface area contributed by atoms with Crippen LogP contribution in [-0.2, 0) is 7.05 Å². The molecule has 1 heterocycles. The Morgan fingerprint density at radius 3 is 2.61 bits per heavy atom. The summed E-state index contributed by atoms with van der Waals surface area (Å²) in [6.07, 6.45) is 1.68. The van der Waals surface area contributed by atoms with Crippen LogP contribution in [0.3, 0.4) is 0 Å². The van der Waals surface area contributed by atoms with Crippen LogP contribution >= 0.6 is 0 Å². The van der Waals surface area contributed by atoms with Gasteiger partial charge >= 0.3 is 0 Å². The van der Waals surface area contributed by atoms with Crippen molar-refractivity contribution in [2.45, 2.75) is 13.0 Å². The average molecular weight is 251 g/mol. The van der Waals surface area contributed by atoms with Crippen molar-refractivity contribution in [3.05, 3.63) is 53.4 Å². The molecule has 0 radical (unpaired) electrons. The topological polar surface area (TPSA) is 29.9 Å². The second-order valence-electron chi connectivity index (χ2n) is 4.04. The molecule has 0 saturated carbocycles. The van der Waals surface area contributed by atoms with Gasteiger partial charge in [0.15, 0.2) is 11.6 Å². The normalized spacial score (nSPS) is 12.7. The summed E-state index contributed by atoms with van der Waals surface area (Å²) >= 11 is 0. The Balaban J connectivity index is 2.41. The first-order chi connectivity index (χ1) is 8.63. The smallest absolute Gasteiger partial charge is 0.159 e. The van der Waals surface area contributed by atoms with Crippen molar-refractivity contribution in [1.82, 2.24) is 15.1 Å². The first-order valence-electron chi connectivity index (χ1n) is 5.79. The van der Waals surface area contributed by atoms with E-state index in [2.05, 4.69) is 10.4 Å².